The second-order valence-corrected chi connectivity index (χ2v) is 9.19. The summed E-state index contributed by atoms with van der Waals surface area (Å²) < 4.78 is 19.3. The molecule has 1 N–H and O–H groups in total. The molecule has 4 rings (SSSR count). The molecule has 1 aliphatic carbocycles. The van der Waals surface area contributed by atoms with Crippen LogP contribution in [0.15, 0.2) is 24.3 Å². The highest BCUT2D eigenvalue weighted by Crippen LogP contribution is 2.30. The number of halogens is 1. The summed E-state index contributed by atoms with van der Waals surface area (Å²) in [6, 6.07) is 6.44. The SMILES string of the molecule is CC1CN(CC2CCN(C(C(=O)NC3CC3)c3ccc(F)cc3)CC2)CC(C)O1. The van der Waals surface area contributed by atoms with Crippen molar-refractivity contribution in [2.24, 2.45) is 5.92 Å². The van der Waals surface area contributed by atoms with Crippen molar-refractivity contribution in [2.75, 3.05) is 32.7 Å². The third kappa shape index (κ3) is 5.56. The van der Waals surface area contributed by atoms with Gasteiger partial charge in [-0.1, -0.05) is 12.1 Å². The van der Waals surface area contributed by atoms with Crippen LogP contribution in [0.4, 0.5) is 4.39 Å². The van der Waals surface area contributed by atoms with Crippen LogP contribution in [-0.4, -0.2) is 66.7 Å². The van der Waals surface area contributed by atoms with Gasteiger partial charge in [-0.25, -0.2) is 4.39 Å². The summed E-state index contributed by atoms with van der Waals surface area (Å²) in [5, 5.41) is 3.15. The lowest BCUT2D eigenvalue weighted by atomic mass is 9.93. The molecule has 3 aliphatic rings. The minimum atomic E-state index is -0.319. The topological polar surface area (TPSA) is 44.8 Å². The molecular formula is C23H34FN3O2. The monoisotopic (exact) mass is 403 g/mol. The number of morpholine rings is 1. The Morgan fingerprint density at radius 1 is 1.10 bits per heavy atom. The third-order valence-corrected chi connectivity index (χ3v) is 6.38. The van der Waals surface area contributed by atoms with Gasteiger partial charge in [-0.2, -0.15) is 0 Å². The molecule has 2 heterocycles. The molecule has 1 saturated carbocycles. The Kier molecular flexibility index (Phi) is 6.52. The molecule has 0 aromatic heterocycles. The zero-order valence-corrected chi connectivity index (χ0v) is 17.6. The lowest BCUT2D eigenvalue weighted by molar-refractivity contribution is -0.127. The molecular weight excluding hydrogens is 369 g/mol. The smallest absolute Gasteiger partial charge is 0.242 e. The zero-order chi connectivity index (χ0) is 20.4. The number of nitrogens with zero attached hydrogens (tertiary/aromatic N) is 2. The van der Waals surface area contributed by atoms with Crippen molar-refractivity contribution in [3.05, 3.63) is 35.6 Å². The van der Waals surface area contributed by atoms with Crippen molar-refractivity contribution >= 4 is 5.91 Å². The third-order valence-electron chi connectivity index (χ3n) is 6.38. The fourth-order valence-corrected chi connectivity index (χ4v) is 4.87. The second kappa shape index (κ2) is 9.11. The molecule has 2 saturated heterocycles. The summed E-state index contributed by atoms with van der Waals surface area (Å²) in [5.74, 6) is 0.459. The van der Waals surface area contributed by atoms with Crippen LogP contribution in [0.25, 0.3) is 0 Å². The lowest BCUT2D eigenvalue weighted by Crippen LogP contribution is -2.49. The molecule has 0 spiro atoms. The molecule has 1 amide bonds. The summed E-state index contributed by atoms with van der Waals surface area (Å²) in [4.78, 5) is 17.8. The summed E-state index contributed by atoms with van der Waals surface area (Å²) in [6.07, 6.45) is 4.92. The Morgan fingerprint density at radius 3 is 2.31 bits per heavy atom. The number of benzene rings is 1. The van der Waals surface area contributed by atoms with E-state index in [1.807, 2.05) is 0 Å². The van der Waals surface area contributed by atoms with Crippen LogP contribution >= 0.6 is 0 Å². The van der Waals surface area contributed by atoms with Crippen LogP contribution < -0.4 is 5.32 Å². The number of amides is 1. The summed E-state index contributed by atoms with van der Waals surface area (Å²) in [5.41, 5.74) is 0.888. The molecule has 1 aromatic rings. The van der Waals surface area contributed by atoms with Crippen LogP contribution in [0.3, 0.4) is 0 Å². The number of carbonyl (C=O) groups is 1. The molecule has 3 fully saturated rings. The minimum absolute atomic E-state index is 0.0633. The summed E-state index contributed by atoms with van der Waals surface area (Å²) in [7, 11) is 0. The minimum Gasteiger partial charge on any atom is -0.373 e. The van der Waals surface area contributed by atoms with E-state index in [1.54, 1.807) is 12.1 Å². The highest BCUT2D eigenvalue weighted by Gasteiger charge is 2.35. The van der Waals surface area contributed by atoms with Crippen molar-refractivity contribution in [1.82, 2.24) is 15.1 Å². The van der Waals surface area contributed by atoms with Crippen LogP contribution in [0.5, 0.6) is 0 Å². The average Bonchev–Trinajstić information content (AvgIpc) is 3.48. The summed E-state index contributed by atoms with van der Waals surface area (Å²) in [6.45, 7) is 9.23. The van der Waals surface area contributed by atoms with E-state index in [0.717, 1.165) is 64.0 Å². The Hall–Kier alpha value is -1.50. The predicted octanol–water partition coefficient (Wildman–Crippen LogP) is 2.97. The lowest BCUT2D eigenvalue weighted by Gasteiger charge is -2.41. The van der Waals surface area contributed by atoms with E-state index >= 15 is 0 Å². The first kappa shape index (κ1) is 20.8. The van der Waals surface area contributed by atoms with Gasteiger partial charge in [-0.3, -0.25) is 14.6 Å². The molecule has 0 bridgehead atoms. The fourth-order valence-electron chi connectivity index (χ4n) is 4.87. The van der Waals surface area contributed by atoms with E-state index < -0.39 is 0 Å². The number of rotatable bonds is 6. The molecule has 6 heteroatoms. The quantitative estimate of drug-likeness (QED) is 0.793. The fraction of sp³-hybridized carbons (Fsp3) is 0.696. The molecule has 3 atom stereocenters. The second-order valence-electron chi connectivity index (χ2n) is 9.19. The molecule has 5 nitrogen and oxygen atoms in total. The number of carbonyl (C=O) groups excluding carboxylic acids is 1. The van der Waals surface area contributed by atoms with Gasteiger partial charge in [-0.05, 0) is 76.2 Å². The number of hydrogen-bond acceptors (Lipinski definition) is 4. The maximum Gasteiger partial charge on any atom is 0.242 e. The molecule has 160 valence electrons. The van der Waals surface area contributed by atoms with Gasteiger partial charge in [0, 0.05) is 25.7 Å². The van der Waals surface area contributed by atoms with Gasteiger partial charge in [-0.15, -0.1) is 0 Å². The molecule has 3 unspecified atom stereocenters. The van der Waals surface area contributed by atoms with Crippen molar-refractivity contribution in [3.8, 4) is 0 Å². The number of nitrogens with one attached hydrogen (secondary N) is 1. The number of ether oxygens (including phenoxy) is 1. The first-order valence-electron chi connectivity index (χ1n) is 11.2. The van der Waals surface area contributed by atoms with Crippen molar-refractivity contribution < 1.29 is 13.9 Å². The van der Waals surface area contributed by atoms with Gasteiger partial charge < -0.3 is 10.1 Å². The molecule has 1 aromatic carbocycles. The van der Waals surface area contributed by atoms with E-state index in [9.17, 15) is 9.18 Å². The highest BCUT2D eigenvalue weighted by molar-refractivity contribution is 5.83. The van der Waals surface area contributed by atoms with Gasteiger partial charge >= 0.3 is 0 Å². The van der Waals surface area contributed by atoms with E-state index in [1.165, 1.54) is 12.1 Å². The highest BCUT2D eigenvalue weighted by atomic mass is 19.1. The normalized spacial score (nSPS) is 28.2. The van der Waals surface area contributed by atoms with Crippen molar-refractivity contribution in [3.63, 3.8) is 0 Å². The Morgan fingerprint density at radius 2 is 1.72 bits per heavy atom. The average molecular weight is 404 g/mol. The van der Waals surface area contributed by atoms with Gasteiger partial charge in [0.1, 0.15) is 11.9 Å². The van der Waals surface area contributed by atoms with E-state index in [-0.39, 0.29) is 17.8 Å². The van der Waals surface area contributed by atoms with Gasteiger partial charge in [0.15, 0.2) is 0 Å². The standard InChI is InChI=1S/C23H34FN3O2/c1-16-13-26(14-17(2)29-16)15-18-9-11-27(12-10-18)22(23(28)25-21-7-8-21)19-3-5-20(24)6-4-19/h3-6,16-18,21-22H,7-15H2,1-2H3,(H,25,28). The van der Waals surface area contributed by atoms with Gasteiger partial charge in [0.25, 0.3) is 0 Å². The van der Waals surface area contributed by atoms with Gasteiger partial charge in [0.2, 0.25) is 5.91 Å². The van der Waals surface area contributed by atoms with E-state index in [2.05, 4.69) is 29.0 Å². The molecule has 29 heavy (non-hydrogen) atoms. The Bertz CT molecular complexity index is 676. The van der Waals surface area contributed by atoms with E-state index in [4.69, 9.17) is 4.74 Å². The Labute approximate surface area is 173 Å². The van der Waals surface area contributed by atoms with Gasteiger partial charge in [0.05, 0.1) is 12.2 Å². The maximum absolute atomic E-state index is 13.4. The Balaban J connectivity index is 1.37. The van der Waals surface area contributed by atoms with Crippen LogP contribution in [0, 0.1) is 11.7 Å². The first-order chi connectivity index (χ1) is 14.0. The number of likely N-dealkylation sites (tertiary alicyclic amines) is 1. The molecule has 0 radical (unpaired) electrons. The largest absolute Gasteiger partial charge is 0.373 e. The first-order valence-corrected chi connectivity index (χ1v) is 11.2. The van der Waals surface area contributed by atoms with Crippen molar-refractivity contribution in [2.45, 2.75) is 63.8 Å². The summed E-state index contributed by atoms with van der Waals surface area (Å²) >= 11 is 0. The van der Waals surface area contributed by atoms with E-state index in [0.29, 0.717) is 24.2 Å². The number of hydrogen-bond donors (Lipinski definition) is 1. The van der Waals surface area contributed by atoms with Crippen LogP contribution in [-0.2, 0) is 9.53 Å². The van der Waals surface area contributed by atoms with Crippen molar-refractivity contribution in [1.29, 1.82) is 0 Å². The van der Waals surface area contributed by atoms with Crippen LogP contribution in [0.2, 0.25) is 0 Å². The zero-order valence-electron chi connectivity index (χ0n) is 17.6. The maximum atomic E-state index is 13.4. The predicted molar refractivity (Wildman–Crippen MR) is 111 cm³/mol. The number of piperidine rings is 1. The molecule has 2 aliphatic heterocycles. The van der Waals surface area contributed by atoms with Crippen LogP contribution in [0.1, 0.15) is 51.1 Å².